The van der Waals surface area contributed by atoms with E-state index in [0.717, 1.165) is 5.56 Å². The molecule has 5 nitrogen and oxygen atoms in total. The van der Waals surface area contributed by atoms with E-state index in [1.54, 1.807) is 30.3 Å². The van der Waals surface area contributed by atoms with Gasteiger partial charge in [-0.3, -0.25) is 4.79 Å². The van der Waals surface area contributed by atoms with Gasteiger partial charge in [-0.2, -0.15) is 0 Å². The van der Waals surface area contributed by atoms with Crippen LogP contribution < -0.4 is 5.32 Å². The number of hydrogen-bond donors (Lipinski definition) is 1. The molecule has 0 spiro atoms. The molecule has 1 aromatic heterocycles. The molecular weight excluding hydrogens is 386 g/mol. The molecule has 0 saturated heterocycles. The first-order valence-corrected chi connectivity index (χ1v) is 10.2. The molecule has 2 aromatic carbocycles. The van der Waals surface area contributed by atoms with Crippen molar-refractivity contribution in [3.63, 3.8) is 0 Å². The number of nitrogens with one attached hydrogen (secondary N) is 1. The van der Waals surface area contributed by atoms with Crippen molar-refractivity contribution >= 4 is 27.3 Å². The molecule has 0 bridgehead atoms. The lowest BCUT2D eigenvalue weighted by Crippen LogP contribution is -2.31. The molecule has 0 aliphatic rings. The number of carbonyl (C=O) groups is 1. The number of sulfone groups is 1. The third-order valence-electron chi connectivity index (χ3n) is 4.11. The second kappa shape index (κ2) is 7.98. The fraction of sp³-hybridized carbons (Fsp3) is 0.150. The maximum atomic E-state index is 13.1. The van der Waals surface area contributed by atoms with E-state index < -0.39 is 15.1 Å². The predicted octanol–water partition coefficient (Wildman–Crippen LogP) is 4.19. The van der Waals surface area contributed by atoms with Gasteiger partial charge >= 0.3 is 0 Å². The van der Waals surface area contributed by atoms with E-state index in [-0.39, 0.29) is 23.1 Å². The third-order valence-corrected chi connectivity index (χ3v) is 6.43. The zero-order chi connectivity index (χ0) is 19.4. The van der Waals surface area contributed by atoms with E-state index in [4.69, 9.17) is 16.0 Å². The average Bonchev–Trinajstić information content (AvgIpc) is 3.16. The molecule has 7 heteroatoms. The smallest absolute Gasteiger partial charge is 0.251 e. The van der Waals surface area contributed by atoms with E-state index in [1.807, 2.05) is 13.0 Å². The van der Waals surface area contributed by atoms with Gasteiger partial charge in [0.2, 0.25) is 0 Å². The van der Waals surface area contributed by atoms with Crippen LogP contribution in [0.15, 0.2) is 76.2 Å². The summed E-state index contributed by atoms with van der Waals surface area (Å²) >= 11 is 5.85. The zero-order valence-corrected chi connectivity index (χ0v) is 16.1. The maximum absolute atomic E-state index is 13.1. The lowest BCUT2D eigenvalue weighted by Gasteiger charge is -2.17. The van der Waals surface area contributed by atoms with Crippen LogP contribution in [0.3, 0.4) is 0 Å². The Kier molecular flexibility index (Phi) is 5.68. The van der Waals surface area contributed by atoms with E-state index >= 15 is 0 Å². The van der Waals surface area contributed by atoms with Crippen LogP contribution in [0.2, 0.25) is 5.02 Å². The Hall–Kier alpha value is -2.57. The Morgan fingerprint density at radius 3 is 2.48 bits per heavy atom. The number of benzene rings is 2. The van der Waals surface area contributed by atoms with Crippen molar-refractivity contribution in [2.75, 3.05) is 6.54 Å². The Bertz CT molecular complexity index is 1030. The third kappa shape index (κ3) is 4.40. The van der Waals surface area contributed by atoms with Gasteiger partial charge in [0, 0.05) is 17.1 Å². The summed E-state index contributed by atoms with van der Waals surface area (Å²) in [6, 6.07) is 16.2. The second-order valence-electron chi connectivity index (χ2n) is 6.08. The number of carbonyl (C=O) groups excluding carboxylic acids is 1. The van der Waals surface area contributed by atoms with Gasteiger partial charge in [-0.05, 0) is 55.5 Å². The molecular formula is C20H18ClNO4S. The summed E-state index contributed by atoms with van der Waals surface area (Å²) in [5.74, 6) is -0.0870. The van der Waals surface area contributed by atoms with Crippen LogP contribution >= 0.6 is 11.6 Å². The van der Waals surface area contributed by atoms with E-state index in [2.05, 4.69) is 5.32 Å². The first kappa shape index (κ1) is 19.2. The van der Waals surface area contributed by atoms with Gasteiger partial charge in [-0.15, -0.1) is 0 Å². The van der Waals surface area contributed by atoms with Crippen molar-refractivity contribution in [2.24, 2.45) is 0 Å². The Labute approximate surface area is 162 Å². The molecule has 1 heterocycles. The van der Waals surface area contributed by atoms with Crippen LogP contribution in [0.25, 0.3) is 0 Å². The zero-order valence-electron chi connectivity index (χ0n) is 14.6. The number of halogens is 1. The summed E-state index contributed by atoms with van der Waals surface area (Å²) in [4.78, 5) is 12.5. The average molecular weight is 404 g/mol. The van der Waals surface area contributed by atoms with Crippen LogP contribution in [0, 0.1) is 6.92 Å². The molecule has 0 unspecified atom stereocenters. The molecule has 0 fully saturated rings. The van der Waals surface area contributed by atoms with Crippen LogP contribution in [-0.4, -0.2) is 20.9 Å². The van der Waals surface area contributed by atoms with E-state index in [9.17, 15) is 13.2 Å². The van der Waals surface area contributed by atoms with Gasteiger partial charge in [-0.25, -0.2) is 8.42 Å². The molecule has 0 radical (unpaired) electrons. The molecule has 3 rings (SSSR count). The molecule has 27 heavy (non-hydrogen) atoms. The van der Waals surface area contributed by atoms with Gasteiger partial charge in [0.05, 0.1) is 11.2 Å². The Morgan fingerprint density at radius 1 is 1.11 bits per heavy atom. The van der Waals surface area contributed by atoms with E-state index in [1.165, 1.54) is 30.5 Å². The highest BCUT2D eigenvalue weighted by Gasteiger charge is 2.32. The van der Waals surface area contributed by atoms with Crippen molar-refractivity contribution in [1.29, 1.82) is 0 Å². The molecule has 0 saturated carbocycles. The summed E-state index contributed by atoms with van der Waals surface area (Å²) in [6.45, 7) is 1.76. The highest BCUT2D eigenvalue weighted by Crippen LogP contribution is 2.29. The number of amides is 1. The van der Waals surface area contributed by atoms with Gasteiger partial charge < -0.3 is 9.73 Å². The Balaban J connectivity index is 1.86. The highest BCUT2D eigenvalue weighted by molar-refractivity contribution is 7.91. The summed E-state index contributed by atoms with van der Waals surface area (Å²) in [6.07, 6.45) is 1.40. The van der Waals surface area contributed by atoms with Crippen molar-refractivity contribution in [3.05, 3.63) is 88.8 Å². The fourth-order valence-electron chi connectivity index (χ4n) is 2.70. The number of furan rings is 1. The Morgan fingerprint density at radius 2 is 1.85 bits per heavy atom. The van der Waals surface area contributed by atoms with Crippen LogP contribution in [0.4, 0.5) is 0 Å². The van der Waals surface area contributed by atoms with Crippen molar-refractivity contribution in [1.82, 2.24) is 5.32 Å². The lowest BCUT2D eigenvalue weighted by molar-refractivity contribution is 0.0953. The van der Waals surface area contributed by atoms with Crippen molar-refractivity contribution < 1.29 is 17.6 Å². The van der Waals surface area contributed by atoms with Gasteiger partial charge in [0.15, 0.2) is 9.84 Å². The first-order chi connectivity index (χ1) is 12.9. The number of aryl methyl sites for hydroxylation is 1. The van der Waals surface area contributed by atoms with Crippen LogP contribution in [0.1, 0.15) is 26.9 Å². The van der Waals surface area contributed by atoms with E-state index in [0.29, 0.717) is 10.6 Å². The molecule has 140 valence electrons. The maximum Gasteiger partial charge on any atom is 0.251 e. The summed E-state index contributed by atoms with van der Waals surface area (Å²) in [5.41, 5.74) is 1.41. The quantitative estimate of drug-likeness (QED) is 0.669. The van der Waals surface area contributed by atoms with Crippen molar-refractivity contribution in [2.45, 2.75) is 17.1 Å². The SMILES string of the molecule is Cc1cccc(C(=O)NC[C@@H](c2ccco2)S(=O)(=O)c2ccc(Cl)cc2)c1. The topological polar surface area (TPSA) is 76.4 Å². The molecule has 1 atom stereocenters. The minimum atomic E-state index is -3.79. The lowest BCUT2D eigenvalue weighted by atomic mass is 10.1. The van der Waals surface area contributed by atoms with Gasteiger partial charge in [0.1, 0.15) is 11.0 Å². The largest absolute Gasteiger partial charge is 0.468 e. The number of rotatable bonds is 6. The normalized spacial score (nSPS) is 12.5. The molecule has 0 aliphatic heterocycles. The second-order valence-corrected chi connectivity index (χ2v) is 8.65. The van der Waals surface area contributed by atoms with Crippen LogP contribution in [-0.2, 0) is 9.84 Å². The molecule has 1 N–H and O–H groups in total. The predicted molar refractivity (Wildman–Crippen MR) is 104 cm³/mol. The summed E-state index contributed by atoms with van der Waals surface area (Å²) in [5, 5.41) is 2.09. The minimum absolute atomic E-state index is 0.109. The monoisotopic (exact) mass is 403 g/mol. The summed E-state index contributed by atoms with van der Waals surface area (Å²) in [7, 11) is -3.79. The van der Waals surface area contributed by atoms with Crippen LogP contribution in [0.5, 0.6) is 0 Å². The standard InChI is InChI=1S/C20H18ClNO4S/c1-14-4-2-5-15(12-14)20(23)22-13-19(18-6-3-11-26-18)27(24,25)17-9-7-16(21)8-10-17/h2-12,19H,13H2,1H3,(H,22,23)/t19-/m0/s1. The minimum Gasteiger partial charge on any atom is -0.468 e. The highest BCUT2D eigenvalue weighted by atomic mass is 35.5. The fourth-order valence-corrected chi connectivity index (χ4v) is 4.41. The van der Waals surface area contributed by atoms with Gasteiger partial charge in [-0.1, -0.05) is 29.3 Å². The molecule has 1 amide bonds. The summed E-state index contributed by atoms with van der Waals surface area (Å²) < 4.78 is 31.5. The molecule has 3 aromatic rings. The van der Waals surface area contributed by atoms with Crippen molar-refractivity contribution in [3.8, 4) is 0 Å². The first-order valence-electron chi connectivity index (χ1n) is 8.25. The van der Waals surface area contributed by atoms with Gasteiger partial charge in [0.25, 0.3) is 5.91 Å². The molecule has 0 aliphatic carbocycles. The number of hydrogen-bond acceptors (Lipinski definition) is 4.